The first-order valence-corrected chi connectivity index (χ1v) is 6.61. The SMILES string of the molecule is COc1ccc(NC(=O)N[C@H](CO)C(C)(C)C)cc1C. The van der Waals surface area contributed by atoms with E-state index in [2.05, 4.69) is 10.6 Å². The van der Waals surface area contributed by atoms with Crippen LogP contribution in [0.1, 0.15) is 26.3 Å². The Labute approximate surface area is 120 Å². The predicted octanol–water partition coefficient (Wildman–Crippen LogP) is 2.53. The van der Waals surface area contributed by atoms with Gasteiger partial charge in [-0.25, -0.2) is 4.79 Å². The van der Waals surface area contributed by atoms with E-state index < -0.39 is 0 Å². The lowest BCUT2D eigenvalue weighted by Crippen LogP contribution is -2.47. The second kappa shape index (κ2) is 6.61. The van der Waals surface area contributed by atoms with E-state index in [1.165, 1.54) is 0 Å². The number of ether oxygens (including phenoxy) is 1. The van der Waals surface area contributed by atoms with Crippen LogP contribution in [0.3, 0.4) is 0 Å². The van der Waals surface area contributed by atoms with Crippen molar-refractivity contribution < 1.29 is 14.6 Å². The smallest absolute Gasteiger partial charge is 0.319 e. The van der Waals surface area contributed by atoms with Gasteiger partial charge >= 0.3 is 6.03 Å². The summed E-state index contributed by atoms with van der Waals surface area (Å²) >= 11 is 0. The van der Waals surface area contributed by atoms with Crippen LogP contribution in [0, 0.1) is 12.3 Å². The summed E-state index contributed by atoms with van der Waals surface area (Å²) in [6.45, 7) is 7.70. The Bertz CT molecular complexity index is 467. The van der Waals surface area contributed by atoms with E-state index in [1.807, 2.05) is 33.8 Å². The number of hydrogen-bond donors (Lipinski definition) is 3. The maximum Gasteiger partial charge on any atom is 0.319 e. The molecule has 0 fully saturated rings. The van der Waals surface area contributed by atoms with Crippen molar-refractivity contribution in [3.05, 3.63) is 23.8 Å². The number of urea groups is 1. The normalized spacial score (nSPS) is 12.7. The van der Waals surface area contributed by atoms with E-state index in [4.69, 9.17) is 4.74 Å². The molecule has 0 aliphatic rings. The highest BCUT2D eigenvalue weighted by Gasteiger charge is 2.25. The summed E-state index contributed by atoms with van der Waals surface area (Å²) in [4.78, 5) is 11.9. The first-order chi connectivity index (χ1) is 9.27. The third-order valence-electron chi connectivity index (χ3n) is 3.19. The molecule has 1 rings (SSSR count). The van der Waals surface area contributed by atoms with Gasteiger partial charge < -0.3 is 20.5 Å². The van der Waals surface area contributed by atoms with Crippen molar-refractivity contribution >= 4 is 11.7 Å². The molecule has 0 aliphatic heterocycles. The Kier molecular flexibility index (Phi) is 5.39. The lowest BCUT2D eigenvalue weighted by molar-refractivity contribution is 0.162. The van der Waals surface area contributed by atoms with E-state index in [-0.39, 0.29) is 24.1 Å². The van der Waals surface area contributed by atoms with Gasteiger partial charge in [-0.15, -0.1) is 0 Å². The minimum Gasteiger partial charge on any atom is -0.496 e. The fourth-order valence-corrected chi connectivity index (χ4v) is 1.82. The number of aryl methyl sites for hydroxylation is 1. The van der Waals surface area contributed by atoms with Crippen LogP contribution in [-0.4, -0.2) is 30.9 Å². The Balaban J connectivity index is 2.69. The number of benzene rings is 1. The van der Waals surface area contributed by atoms with Crippen molar-refractivity contribution in [2.75, 3.05) is 19.0 Å². The molecule has 3 N–H and O–H groups in total. The average Bonchev–Trinajstić information content (AvgIpc) is 2.34. The molecule has 1 atom stereocenters. The molecule has 2 amide bonds. The zero-order valence-electron chi connectivity index (χ0n) is 12.8. The molecule has 0 unspecified atom stereocenters. The van der Waals surface area contributed by atoms with Gasteiger partial charge in [-0.05, 0) is 36.1 Å². The van der Waals surface area contributed by atoms with Crippen LogP contribution in [0.5, 0.6) is 5.75 Å². The highest BCUT2D eigenvalue weighted by Crippen LogP contribution is 2.22. The Morgan fingerprint density at radius 3 is 2.50 bits per heavy atom. The quantitative estimate of drug-likeness (QED) is 0.793. The molecule has 0 aliphatic carbocycles. The molecule has 1 aromatic carbocycles. The molecular weight excluding hydrogens is 256 g/mol. The molecule has 112 valence electrons. The molecule has 0 heterocycles. The second-order valence-electron chi connectivity index (χ2n) is 5.88. The monoisotopic (exact) mass is 280 g/mol. The molecule has 0 bridgehead atoms. The number of carbonyl (C=O) groups excluding carboxylic acids is 1. The number of nitrogens with one attached hydrogen (secondary N) is 2. The third kappa shape index (κ3) is 4.42. The summed E-state index contributed by atoms with van der Waals surface area (Å²) in [6.07, 6.45) is 0. The predicted molar refractivity (Wildman–Crippen MR) is 80.2 cm³/mol. The number of aliphatic hydroxyl groups is 1. The van der Waals surface area contributed by atoms with Crippen molar-refractivity contribution in [3.8, 4) is 5.75 Å². The van der Waals surface area contributed by atoms with Crippen molar-refractivity contribution in [2.45, 2.75) is 33.7 Å². The molecule has 20 heavy (non-hydrogen) atoms. The standard InChI is InChI=1S/C15H24N2O3/c1-10-8-11(6-7-12(10)20-5)16-14(19)17-13(9-18)15(2,3)4/h6-8,13,18H,9H2,1-5H3,(H2,16,17,19)/t13-/m1/s1. The number of methoxy groups -OCH3 is 1. The Morgan fingerprint density at radius 1 is 1.40 bits per heavy atom. The van der Waals surface area contributed by atoms with Crippen LogP contribution < -0.4 is 15.4 Å². The van der Waals surface area contributed by atoms with Gasteiger partial charge in [0, 0.05) is 5.69 Å². The van der Waals surface area contributed by atoms with E-state index in [0.29, 0.717) is 5.69 Å². The summed E-state index contributed by atoms with van der Waals surface area (Å²) in [6, 6.07) is 4.78. The lowest BCUT2D eigenvalue weighted by atomic mass is 9.87. The summed E-state index contributed by atoms with van der Waals surface area (Å²) < 4.78 is 5.17. The fourth-order valence-electron chi connectivity index (χ4n) is 1.82. The van der Waals surface area contributed by atoms with Gasteiger partial charge in [0.05, 0.1) is 19.8 Å². The summed E-state index contributed by atoms with van der Waals surface area (Å²) in [7, 11) is 1.61. The van der Waals surface area contributed by atoms with Crippen LogP contribution in [0.25, 0.3) is 0 Å². The maximum atomic E-state index is 11.9. The maximum absolute atomic E-state index is 11.9. The number of hydrogen-bond acceptors (Lipinski definition) is 3. The zero-order valence-corrected chi connectivity index (χ0v) is 12.8. The van der Waals surface area contributed by atoms with Gasteiger partial charge in [0.2, 0.25) is 0 Å². The highest BCUT2D eigenvalue weighted by atomic mass is 16.5. The van der Waals surface area contributed by atoms with Gasteiger partial charge in [-0.3, -0.25) is 0 Å². The van der Waals surface area contributed by atoms with Gasteiger partial charge in [0.15, 0.2) is 0 Å². The minimum atomic E-state index is -0.330. The van der Waals surface area contributed by atoms with Crippen LogP contribution in [0.2, 0.25) is 0 Å². The molecule has 0 saturated heterocycles. The van der Waals surface area contributed by atoms with Crippen LogP contribution >= 0.6 is 0 Å². The van der Waals surface area contributed by atoms with Crippen molar-refractivity contribution in [2.24, 2.45) is 5.41 Å². The molecule has 5 heteroatoms. The van der Waals surface area contributed by atoms with E-state index >= 15 is 0 Å². The molecule has 5 nitrogen and oxygen atoms in total. The number of anilines is 1. The van der Waals surface area contributed by atoms with Crippen molar-refractivity contribution in [1.82, 2.24) is 5.32 Å². The van der Waals surface area contributed by atoms with Gasteiger partial charge in [0.25, 0.3) is 0 Å². The molecular formula is C15H24N2O3. The number of rotatable bonds is 4. The summed E-state index contributed by atoms with van der Waals surface area (Å²) in [5, 5.41) is 14.9. The largest absolute Gasteiger partial charge is 0.496 e. The molecule has 0 spiro atoms. The molecule has 0 radical (unpaired) electrons. The van der Waals surface area contributed by atoms with Gasteiger partial charge in [0.1, 0.15) is 5.75 Å². The average molecular weight is 280 g/mol. The van der Waals surface area contributed by atoms with E-state index in [0.717, 1.165) is 11.3 Å². The van der Waals surface area contributed by atoms with Crippen LogP contribution in [0.15, 0.2) is 18.2 Å². The molecule has 0 saturated carbocycles. The summed E-state index contributed by atoms with van der Waals surface area (Å²) in [5.74, 6) is 0.777. The minimum absolute atomic E-state index is 0.0987. The van der Waals surface area contributed by atoms with E-state index in [9.17, 15) is 9.90 Å². The first kappa shape index (κ1) is 16.3. The lowest BCUT2D eigenvalue weighted by Gasteiger charge is -2.29. The number of aliphatic hydroxyl groups excluding tert-OH is 1. The van der Waals surface area contributed by atoms with Crippen LogP contribution in [0.4, 0.5) is 10.5 Å². The van der Waals surface area contributed by atoms with Crippen LogP contribution in [-0.2, 0) is 0 Å². The second-order valence-corrected chi connectivity index (χ2v) is 5.88. The first-order valence-electron chi connectivity index (χ1n) is 6.61. The summed E-state index contributed by atoms with van der Waals surface area (Å²) in [5.41, 5.74) is 1.42. The molecule has 0 aromatic heterocycles. The van der Waals surface area contributed by atoms with E-state index in [1.54, 1.807) is 19.2 Å². The topological polar surface area (TPSA) is 70.6 Å². The highest BCUT2D eigenvalue weighted by molar-refractivity contribution is 5.89. The Morgan fingerprint density at radius 2 is 2.05 bits per heavy atom. The zero-order chi connectivity index (χ0) is 15.3. The van der Waals surface area contributed by atoms with Crippen molar-refractivity contribution in [3.63, 3.8) is 0 Å². The number of carbonyl (C=O) groups is 1. The van der Waals surface area contributed by atoms with Gasteiger partial charge in [-0.2, -0.15) is 0 Å². The Hall–Kier alpha value is -1.75. The fraction of sp³-hybridized carbons (Fsp3) is 0.533. The van der Waals surface area contributed by atoms with Gasteiger partial charge in [-0.1, -0.05) is 20.8 Å². The van der Waals surface area contributed by atoms with Crippen molar-refractivity contribution in [1.29, 1.82) is 0 Å². The number of amides is 2. The molecule has 1 aromatic rings. The third-order valence-corrected chi connectivity index (χ3v) is 3.19.